The van der Waals surface area contributed by atoms with Gasteiger partial charge in [0.15, 0.2) is 0 Å². The molecule has 5 nitrogen and oxygen atoms in total. The van der Waals surface area contributed by atoms with E-state index in [4.69, 9.17) is 0 Å². The van der Waals surface area contributed by atoms with Crippen molar-refractivity contribution in [3.05, 3.63) is 59.9 Å². The molecule has 1 aliphatic rings. The monoisotopic (exact) mass is 348 g/mol. The van der Waals surface area contributed by atoms with Crippen molar-refractivity contribution in [2.45, 2.75) is 32.9 Å². The third-order valence-electron chi connectivity index (χ3n) is 5.05. The number of hydrogen-bond donors (Lipinski definition) is 1. The minimum atomic E-state index is 0.0121. The van der Waals surface area contributed by atoms with Crippen LogP contribution >= 0.6 is 0 Å². The van der Waals surface area contributed by atoms with E-state index in [2.05, 4.69) is 50.1 Å². The number of carbonyl (C=O) groups excluding carboxylic acids is 1. The fourth-order valence-electron chi connectivity index (χ4n) is 3.61. The van der Waals surface area contributed by atoms with Crippen molar-refractivity contribution < 1.29 is 4.79 Å². The lowest BCUT2D eigenvalue weighted by atomic mass is 10.2. The highest BCUT2D eigenvalue weighted by Gasteiger charge is 2.13. The van der Waals surface area contributed by atoms with Gasteiger partial charge in [0, 0.05) is 37.0 Å². The van der Waals surface area contributed by atoms with E-state index >= 15 is 0 Å². The van der Waals surface area contributed by atoms with Crippen LogP contribution in [0.2, 0.25) is 0 Å². The summed E-state index contributed by atoms with van der Waals surface area (Å²) >= 11 is 0. The van der Waals surface area contributed by atoms with Crippen molar-refractivity contribution in [2.75, 3.05) is 18.0 Å². The first-order valence-corrected chi connectivity index (χ1v) is 9.22. The van der Waals surface area contributed by atoms with Gasteiger partial charge in [-0.3, -0.25) is 4.79 Å². The first kappa shape index (κ1) is 16.6. The number of pyridine rings is 1. The lowest BCUT2D eigenvalue weighted by Crippen LogP contribution is -2.27. The molecular weight excluding hydrogens is 324 g/mol. The highest BCUT2D eigenvalue weighted by Crippen LogP contribution is 2.19. The predicted octanol–water partition coefficient (Wildman–Crippen LogP) is 3.26. The van der Waals surface area contributed by atoms with Crippen molar-refractivity contribution in [2.24, 2.45) is 0 Å². The van der Waals surface area contributed by atoms with E-state index in [0.29, 0.717) is 13.1 Å². The van der Waals surface area contributed by atoms with E-state index in [1.54, 1.807) is 0 Å². The highest BCUT2D eigenvalue weighted by molar-refractivity contribution is 5.84. The summed E-state index contributed by atoms with van der Waals surface area (Å²) in [6, 6.07) is 14.4. The van der Waals surface area contributed by atoms with Crippen LogP contribution in [-0.2, 0) is 17.9 Å². The van der Waals surface area contributed by atoms with E-state index < -0.39 is 0 Å². The molecule has 0 atom stereocenters. The molecule has 1 N–H and O–H groups in total. The predicted molar refractivity (Wildman–Crippen MR) is 104 cm³/mol. The summed E-state index contributed by atoms with van der Waals surface area (Å²) in [7, 11) is 0. The first-order chi connectivity index (χ1) is 12.7. The van der Waals surface area contributed by atoms with Crippen LogP contribution in [0.25, 0.3) is 10.9 Å². The lowest BCUT2D eigenvalue weighted by molar-refractivity contribution is -0.121. The second-order valence-electron chi connectivity index (χ2n) is 6.93. The first-order valence-electron chi connectivity index (χ1n) is 9.22. The number of aryl methyl sites for hydroxylation is 1. The minimum Gasteiger partial charge on any atom is -0.357 e. The molecule has 4 rings (SSSR count). The molecule has 0 unspecified atom stereocenters. The Labute approximate surface area is 153 Å². The van der Waals surface area contributed by atoms with Gasteiger partial charge in [0.1, 0.15) is 12.4 Å². The van der Waals surface area contributed by atoms with Gasteiger partial charge < -0.3 is 14.8 Å². The Balaban J connectivity index is 1.37. The van der Waals surface area contributed by atoms with Gasteiger partial charge in [-0.05, 0) is 48.9 Å². The molecule has 0 aliphatic carbocycles. The summed E-state index contributed by atoms with van der Waals surface area (Å²) in [4.78, 5) is 19.2. The van der Waals surface area contributed by atoms with Gasteiger partial charge >= 0.3 is 0 Å². The fourth-order valence-corrected chi connectivity index (χ4v) is 3.61. The van der Waals surface area contributed by atoms with Crippen molar-refractivity contribution in [3.63, 3.8) is 0 Å². The topological polar surface area (TPSA) is 50.2 Å². The van der Waals surface area contributed by atoms with Crippen molar-refractivity contribution in [1.29, 1.82) is 0 Å². The number of para-hydroxylation sites is 1. The Morgan fingerprint density at radius 2 is 1.96 bits per heavy atom. The molecule has 3 heterocycles. The Morgan fingerprint density at radius 1 is 1.15 bits per heavy atom. The van der Waals surface area contributed by atoms with Crippen LogP contribution in [0.1, 0.15) is 24.1 Å². The van der Waals surface area contributed by atoms with E-state index in [1.165, 1.54) is 18.2 Å². The number of anilines is 1. The average Bonchev–Trinajstić information content (AvgIpc) is 3.29. The SMILES string of the molecule is Cc1cc2ccccc2n1CC(=O)NCc1ccc(N2CCCC2)nc1. The van der Waals surface area contributed by atoms with Crippen LogP contribution in [0.15, 0.2) is 48.7 Å². The molecular formula is C21H24N4O. The Kier molecular flexibility index (Phi) is 4.61. The van der Waals surface area contributed by atoms with E-state index in [9.17, 15) is 4.79 Å². The molecule has 2 aromatic heterocycles. The third-order valence-corrected chi connectivity index (χ3v) is 5.05. The van der Waals surface area contributed by atoms with Gasteiger partial charge in [0.2, 0.25) is 5.91 Å². The standard InChI is InChI=1S/C21H24N4O/c1-16-12-18-6-2-3-7-19(18)25(16)15-21(26)23-14-17-8-9-20(22-13-17)24-10-4-5-11-24/h2-3,6-9,12-13H,4-5,10-11,14-15H2,1H3,(H,23,26). The molecule has 1 fully saturated rings. The summed E-state index contributed by atoms with van der Waals surface area (Å²) < 4.78 is 2.05. The minimum absolute atomic E-state index is 0.0121. The molecule has 0 spiro atoms. The molecule has 1 saturated heterocycles. The molecule has 1 aliphatic heterocycles. The summed E-state index contributed by atoms with van der Waals surface area (Å²) in [6.45, 7) is 5.05. The second kappa shape index (κ2) is 7.20. The van der Waals surface area contributed by atoms with Gasteiger partial charge in [0.25, 0.3) is 0 Å². The number of fused-ring (bicyclic) bond motifs is 1. The zero-order valence-electron chi connectivity index (χ0n) is 15.1. The van der Waals surface area contributed by atoms with Crippen LogP contribution in [0.5, 0.6) is 0 Å². The maximum Gasteiger partial charge on any atom is 0.240 e. The van der Waals surface area contributed by atoms with Gasteiger partial charge in [-0.25, -0.2) is 4.98 Å². The smallest absolute Gasteiger partial charge is 0.240 e. The largest absolute Gasteiger partial charge is 0.357 e. The Bertz CT molecular complexity index is 907. The second-order valence-corrected chi connectivity index (χ2v) is 6.93. The van der Waals surface area contributed by atoms with Crippen LogP contribution in [0.3, 0.4) is 0 Å². The summed E-state index contributed by atoms with van der Waals surface area (Å²) in [6.07, 6.45) is 4.35. The summed E-state index contributed by atoms with van der Waals surface area (Å²) in [5.41, 5.74) is 3.21. The number of amides is 1. The van der Waals surface area contributed by atoms with E-state index in [-0.39, 0.29) is 5.91 Å². The Morgan fingerprint density at radius 3 is 2.73 bits per heavy atom. The molecule has 26 heavy (non-hydrogen) atoms. The molecule has 0 saturated carbocycles. The lowest BCUT2D eigenvalue weighted by Gasteiger charge is -2.16. The molecule has 1 amide bonds. The fraction of sp³-hybridized carbons (Fsp3) is 0.333. The number of rotatable bonds is 5. The van der Waals surface area contributed by atoms with Gasteiger partial charge in [-0.2, -0.15) is 0 Å². The molecule has 0 radical (unpaired) electrons. The number of aromatic nitrogens is 2. The summed E-state index contributed by atoms with van der Waals surface area (Å²) in [5.74, 6) is 1.05. The molecule has 134 valence electrons. The van der Waals surface area contributed by atoms with E-state index in [0.717, 1.165) is 35.7 Å². The maximum absolute atomic E-state index is 12.4. The van der Waals surface area contributed by atoms with Crippen LogP contribution in [0, 0.1) is 6.92 Å². The highest BCUT2D eigenvalue weighted by atomic mass is 16.1. The number of benzene rings is 1. The maximum atomic E-state index is 12.4. The number of hydrogen-bond acceptors (Lipinski definition) is 3. The normalized spacial score (nSPS) is 14.1. The van der Waals surface area contributed by atoms with Crippen molar-refractivity contribution in [1.82, 2.24) is 14.9 Å². The molecule has 5 heteroatoms. The number of carbonyl (C=O) groups is 1. The zero-order chi connectivity index (χ0) is 17.9. The summed E-state index contributed by atoms with van der Waals surface area (Å²) in [5, 5.41) is 4.17. The molecule has 3 aromatic rings. The Hall–Kier alpha value is -2.82. The molecule has 0 bridgehead atoms. The molecule has 1 aromatic carbocycles. The van der Waals surface area contributed by atoms with Crippen LogP contribution in [0.4, 0.5) is 5.82 Å². The van der Waals surface area contributed by atoms with Gasteiger partial charge in [-0.1, -0.05) is 24.3 Å². The van der Waals surface area contributed by atoms with Crippen LogP contribution < -0.4 is 10.2 Å². The quantitative estimate of drug-likeness (QED) is 0.770. The average molecular weight is 348 g/mol. The van der Waals surface area contributed by atoms with E-state index in [1.807, 2.05) is 25.3 Å². The number of nitrogens with zero attached hydrogens (tertiary/aromatic N) is 3. The number of nitrogens with one attached hydrogen (secondary N) is 1. The van der Waals surface area contributed by atoms with Crippen molar-refractivity contribution in [3.8, 4) is 0 Å². The van der Waals surface area contributed by atoms with Crippen molar-refractivity contribution >= 4 is 22.6 Å². The van der Waals surface area contributed by atoms with Gasteiger partial charge in [-0.15, -0.1) is 0 Å². The van der Waals surface area contributed by atoms with Gasteiger partial charge in [0.05, 0.1) is 0 Å². The third kappa shape index (κ3) is 3.43. The van der Waals surface area contributed by atoms with Crippen LogP contribution in [-0.4, -0.2) is 28.5 Å². The zero-order valence-corrected chi connectivity index (χ0v) is 15.1.